The van der Waals surface area contributed by atoms with E-state index in [0.717, 1.165) is 5.56 Å². The van der Waals surface area contributed by atoms with E-state index in [-0.39, 0.29) is 35.7 Å². The number of halogens is 1. The van der Waals surface area contributed by atoms with Gasteiger partial charge in [0.2, 0.25) is 15.9 Å². The second-order valence-corrected chi connectivity index (χ2v) is 10.8. The van der Waals surface area contributed by atoms with Gasteiger partial charge in [-0.2, -0.15) is 4.31 Å². The Bertz CT molecular complexity index is 1220. The molecule has 10 heteroatoms. The highest BCUT2D eigenvalue weighted by molar-refractivity contribution is 7.89. The van der Waals surface area contributed by atoms with Crippen LogP contribution in [-0.2, 0) is 19.6 Å². The molecule has 0 bridgehead atoms. The Morgan fingerprint density at radius 2 is 1.85 bits per heavy atom. The van der Waals surface area contributed by atoms with Crippen LogP contribution in [0.25, 0.3) is 0 Å². The van der Waals surface area contributed by atoms with Crippen LogP contribution in [0.15, 0.2) is 35.2 Å². The molecule has 176 valence electrons. The minimum atomic E-state index is -3.78. The predicted octanol–water partition coefficient (Wildman–Crippen LogP) is 3.72. The lowest BCUT2D eigenvalue weighted by Gasteiger charge is -2.31. The predicted molar refractivity (Wildman–Crippen MR) is 126 cm³/mol. The Hall–Kier alpha value is -2.62. The van der Waals surface area contributed by atoms with Gasteiger partial charge in [-0.25, -0.2) is 8.42 Å². The van der Waals surface area contributed by atoms with Crippen LogP contribution in [0.5, 0.6) is 5.75 Å². The SMILES string of the molecule is Cc1ccc(NC(=O)C2CCN(S(=O)(=O)c3cc4c(cc3C)NC(=O)C(C)O4)CC2)cc1Cl. The number of benzene rings is 2. The third-order valence-corrected chi connectivity index (χ3v) is 8.54. The summed E-state index contributed by atoms with van der Waals surface area (Å²) in [5.74, 6) is -0.376. The lowest BCUT2D eigenvalue weighted by atomic mass is 9.97. The van der Waals surface area contributed by atoms with Gasteiger partial charge in [-0.3, -0.25) is 9.59 Å². The number of nitrogens with one attached hydrogen (secondary N) is 2. The molecule has 2 amide bonds. The number of hydrogen-bond acceptors (Lipinski definition) is 5. The van der Waals surface area contributed by atoms with Crippen molar-refractivity contribution in [3.63, 3.8) is 0 Å². The Labute approximate surface area is 198 Å². The average Bonchev–Trinajstić information content (AvgIpc) is 2.77. The smallest absolute Gasteiger partial charge is 0.265 e. The van der Waals surface area contributed by atoms with Gasteiger partial charge in [-0.05, 0) is 62.9 Å². The van der Waals surface area contributed by atoms with E-state index in [1.165, 1.54) is 10.4 Å². The van der Waals surface area contributed by atoms with Crippen molar-refractivity contribution in [2.45, 2.75) is 44.6 Å². The lowest BCUT2D eigenvalue weighted by Crippen LogP contribution is -2.41. The molecular formula is C23H26ClN3O5S. The number of anilines is 2. The van der Waals surface area contributed by atoms with E-state index in [4.69, 9.17) is 16.3 Å². The number of carbonyl (C=O) groups is 2. The number of carbonyl (C=O) groups excluding carboxylic acids is 2. The summed E-state index contributed by atoms with van der Waals surface area (Å²) in [6, 6.07) is 8.42. The van der Waals surface area contributed by atoms with Crippen LogP contribution in [0.1, 0.15) is 30.9 Å². The Morgan fingerprint density at radius 3 is 2.52 bits per heavy atom. The molecule has 0 aliphatic carbocycles. The molecule has 4 rings (SSSR count). The minimum Gasteiger partial charge on any atom is -0.479 e. The molecule has 1 unspecified atom stereocenters. The third-order valence-electron chi connectivity index (χ3n) is 6.09. The first-order valence-electron chi connectivity index (χ1n) is 10.8. The van der Waals surface area contributed by atoms with Crippen molar-refractivity contribution >= 4 is 44.8 Å². The average molecular weight is 492 g/mol. The van der Waals surface area contributed by atoms with Crippen molar-refractivity contribution in [3.8, 4) is 5.75 Å². The number of sulfonamides is 1. The quantitative estimate of drug-likeness (QED) is 0.678. The lowest BCUT2D eigenvalue weighted by molar-refractivity contribution is -0.123. The molecule has 0 saturated carbocycles. The van der Waals surface area contributed by atoms with Gasteiger partial charge in [0.1, 0.15) is 5.75 Å². The van der Waals surface area contributed by atoms with Crippen molar-refractivity contribution in [2.24, 2.45) is 5.92 Å². The molecule has 33 heavy (non-hydrogen) atoms. The number of piperidine rings is 1. The normalized spacial score (nSPS) is 19.4. The maximum atomic E-state index is 13.3. The van der Waals surface area contributed by atoms with Gasteiger partial charge in [0.15, 0.2) is 6.10 Å². The molecule has 8 nitrogen and oxygen atoms in total. The number of fused-ring (bicyclic) bond motifs is 1. The summed E-state index contributed by atoms with van der Waals surface area (Å²) in [5.41, 5.74) is 2.52. The summed E-state index contributed by atoms with van der Waals surface area (Å²) in [5, 5.41) is 6.18. The molecule has 2 heterocycles. The van der Waals surface area contributed by atoms with Gasteiger partial charge in [-0.1, -0.05) is 17.7 Å². The molecule has 2 aromatic rings. The van der Waals surface area contributed by atoms with Crippen LogP contribution >= 0.6 is 11.6 Å². The summed E-state index contributed by atoms with van der Waals surface area (Å²) in [6.07, 6.45) is 0.129. The first-order valence-corrected chi connectivity index (χ1v) is 12.6. The van der Waals surface area contributed by atoms with Crippen molar-refractivity contribution < 1.29 is 22.7 Å². The number of ether oxygens (including phenoxy) is 1. The van der Waals surface area contributed by atoms with E-state index in [1.807, 2.05) is 13.0 Å². The molecule has 2 aliphatic heterocycles. The van der Waals surface area contributed by atoms with Crippen LogP contribution < -0.4 is 15.4 Å². The van der Waals surface area contributed by atoms with Crippen molar-refractivity contribution in [2.75, 3.05) is 23.7 Å². The van der Waals surface area contributed by atoms with Crippen molar-refractivity contribution in [1.82, 2.24) is 4.31 Å². The number of hydrogen-bond donors (Lipinski definition) is 2. The number of nitrogens with zero attached hydrogens (tertiary/aromatic N) is 1. The largest absolute Gasteiger partial charge is 0.479 e. The fraction of sp³-hybridized carbons (Fsp3) is 0.391. The van der Waals surface area contributed by atoms with Crippen LogP contribution in [0.2, 0.25) is 5.02 Å². The Morgan fingerprint density at radius 1 is 1.15 bits per heavy atom. The zero-order valence-corrected chi connectivity index (χ0v) is 20.2. The molecule has 0 spiro atoms. The molecule has 2 aliphatic rings. The van der Waals surface area contributed by atoms with Gasteiger partial charge in [0.25, 0.3) is 5.91 Å². The number of aryl methyl sites for hydroxylation is 2. The van der Waals surface area contributed by atoms with Crippen molar-refractivity contribution in [1.29, 1.82) is 0 Å². The molecule has 1 fully saturated rings. The fourth-order valence-electron chi connectivity index (χ4n) is 4.03. The van der Waals surface area contributed by atoms with Crippen LogP contribution in [-0.4, -0.2) is 43.7 Å². The van der Waals surface area contributed by atoms with Crippen molar-refractivity contribution in [3.05, 3.63) is 46.5 Å². The first-order chi connectivity index (χ1) is 15.6. The summed E-state index contributed by atoms with van der Waals surface area (Å²) in [6.45, 7) is 5.65. The number of amides is 2. The molecule has 1 atom stereocenters. The monoisotopic (exact) mass is 491 g/mol. The van der Waals surface area contributed by atoms with Gasteiger partial charge in [-0.15, -0.1) is 0 Å². The minimum absolute atomic E-state index is 0.141. The molecule has 0 radical (unpaired) electrons. The van der Waals surface area contributed by atoms with Gasteiger partial charge >= 0.3 is 0 Å². The van der Waals surface area contributed by atoms with E-state index in [9.17, 15) is 18.0 Å². The van der Waals surface area contributed by atoms with E-state index in [2.05, 4.69) is 10.6 Å². The van der Waals surface area contributed by atoms with E-state index in [1.54, 1.807) is 32.0 Å². The highest BCUT2D eigenvalue weighted by Gasteiger charge is 2.34. The Balaban J connectivity index is 1.45. The van der Waals surface area contributed by atoms with Gasteiger partial charge in [0.05, 0.1) is 10.6 Å². The zero-order valence-electron chi connectivity index (χ0n) is 18.6. The third kappa shape index (κ3) is 4.71. The highest BCUT2D eigenvalue weighted by atomic mass is 35.5. The van der Waals surface area contributed by atoms with E-state index >= 15 is 0 Å². The second kappa shape index (κ2) is 8.96. The van der Waals surface area contributed by atoms with Crippen LogP contribution in [0.4, 0.5) is 11.4 Å². The number of rotatable bonds is 4. The zero-order chi connectivity index (χ0) is 23.9. The molecule has 0 aromatic heterocycles. The molecule has 2 N–H and O–H groups in total. The summed E-state index contributed by atoms with van der Waals surface area (Å²) in [4.78, 5) is 24.7. The maximum absolute atomic E-state index is 13.3. The maximum Gasteiger partial charge on any atom is 0.265 e. The molecular weight excluding hydrogens is 466 g/mol. The summed E-state index contributed by atoms with van der Waals surface area (Å²) in [7, 11) is -3.78. The van der Waals surface area contributed by atoms with E-state index < -0.39 is 16.1 Å². The van der Waals surface area contributed by atoms with Crippen LogP contribution in [0.3, 0.4) is 0 Å². The topological polar surface area (TPSA) is 105 Å². The fourth-order valence-corrected chi connectivity index (χ4v) is 5.91. The van der Waals surface area contributed by atoms with E-state index in [0.29, 0.717) is 40.6 Å². The molecule has 1 saturated heterocycles. The summed E-state index contributed by atoms with van der Waals surface area (Å²) < 4.78 is 33.7. The van der Waals surface area contributed by atoms with Gasteiger partial charge in [0, 0.05) is 35.8 Å². The highest BCUT2D eigenvalue weighted by Crippen LogP contribution is 2.36. The second-order valence-electron chi connectivity index (χ2n) is 8.49. The Kier molecular flexibility index (Phi) is 6.39. The molecule has 2 aromatic carbocycles. The van der Waals surface area contributed by atoms with Crippen LogP contribution in [0, 0.1) is 19.8 Å². The van der Waals surface area contributed by atoms with Gasteiger partial charge < -0.3 is 15.4 Å². The standard InChI is InChI=1S/C23H26ClN3O5S/c1-13-4-5-17(11-18(13)24)25-23(29)16-6-8-27(9-7-16)33(30,31)21-12-20-19(10-14(21)2)26-22(28)15(3)32-20/h4-5,10-12,15-16H,6-9H2,1-3H3,(H,25,29)(H,26,28). The summed E-state index contributed by atoms with van der Waals surface area (Å²) >= 11 is 6.13. The first kappa shape index (κ1) is 23.5.